The van der Waals surface area contributed by atoms with Crippen LogP contribution in [0.5, 0.6) is 11.8 Å². The zero-order chi connectivity index (χ0) is 14.2. The minimum Gasteiger partial charge on any atom is -1.00 e. The summed E-state index contributed by atoms with van der Waals surface area (Å²) in [7, 11) is 0. The quantitative estimate of drug-likeness (QED) is 0.696. The van der Waals surface area contributed by atoms with Gasteiger partial charge >= 0.3 is 6.01 Å². The number of hydrogen-bond acceptors (Lipinski definition) is 5. The van der Waals surface area contributed by atoms with Gasteiger partial charge in [0.25, 0.3) is 0 Å². The van der Waals surface area contributed by atoms with Crippen LogP contribution in [0.15, 0.2) is 42.7 Å². The van der Waals surface area contributed by atoms with Crippen molar-refractivity contribution in [1.29, 1.82) is 0 Å². The standard InChI is InChI=1S/C15H19N3O2.ClH/c1-2-13(11-19)18-10-12-5-3-6-14(9-12)20-15-16-7-4-8-17-15;/h3-9,13,18-19H,2,10-11H2,1H3;1H/p-1. The summed E-state index contributed by atoms with van der Waals surface area (Å²) in [5, 5.41) is 12.4. The molecule has 0 aliphatic rings. The summed E-state index contributed by atoms with van der Waals surface area (Å²) in [6, 6.07) is 9.94. The number of benzene rings is 1. The third kappa shape index (κ3) is 5.67. The molecule has 2 aromatic rings. The number of hydrogen-bond donors (Lipinski definition) is 2. The molecule has 0 aliphatic carbocycles. The first-order chi connectivity index (χ1) is 9.81. The van der Waals surface area contributed by atoms with E-state index in [1.807, 2.05) is 31.2 Å². The van der Waals surface area contributed by atoms with E-state index in [4.69, 9.17) is 9.84 Å². The number of nitrogens with zero attached hydrogens (tertiary/aromatic N) is 2. The molecule has 2 rings (SSSR count). The minimum absolute atomic E-state index is 0. The number of ether oxygens (including phenoxy) is 1. The van der Waals surface area contributed by atoms with Crippen LogP contribution in [0.25, 0.3) is 0 Å². The summed E-state index contributed by atoms with van der Waals surface area (Å²) in [6.07, 6.45) is 4.17. The summed E-state index contributed by atoms with van der Waals surface area (Å²) in [5.74, 6) is 0.701. The lowest BCUT2D eigenvalue weighted by Crippen LogP contribution is -3.00. The molecule has 0 amide bonds. The molecular weight excluding hydrogens is 290 g/mol. The van der Waals surface area contributed by atoms with Gasteiger partial charge in [0, 0.05) is 25.0 Å². The monoisotopic (exact) mass is 308 g/mol. The Morgan fingerprint density at radius 3 is 2.67 bits per heavy atom. The maximum atomic E-state index is 9.15. The van der Waals surface area contributed by atoms with Gasteiger partial charge in [-0.3, -0.25) is 0 Å². The molecule has 1 aromatic carbocycles. The fraction of sp³-hybridized carbons (Fsp3) is 0.333. The van der Waals surface area contributed by atoms with E-state index >= 15 is 0 Å². The molecule has 21 heavy (non-hydrogen) atoms. The predicted octanol–water partition coefficient (Wildman–Crippen LogP) is -0.867. The van der Waals surface area contributed by atoms with Crippen molar-refractivity contribution >= 4 is 0 Å². The third-order valence-electron chi connectivity index (χ3n) is 2.96. The highest BCUT2D eigenvalue weighted by molar-refractivity contribution is 5.30. The highest BCUT2D eigenvalue weighted by atomic mass is 35.5. The molecular formula is C15H19ClN3O2-. The Bertz CT molecular complexity index is 521. The van der Waals surface area contributed by atoms with Gasteiger partial charge in [-0.2, -0.15) is 0 Å². The van der Waals surface area contributed by atoms with Crippen LogP contribution < -0.4 is 22.5 Å². The van der Waals surface area contributed by atoms with Crippen molar-refractivity contribution in [3.63, 3.8) is 0 Å². The number of rotatable bonds is 7. The normalized spacial score (nSPS) is 11.5. The second-order valence-electron chi connectivity index (χ2n) is 4.45. The average Bonchev–Trinajstić information content (AvgIpc) is 2.50. The molecule has 0 aliphatic heterocycles. The molecule has 114 valence electrons. The van der Waals surface area contributed by atoms with Gasteiger partial charge in [0.05, 0.1) is 6.61 Å². The van der Waals surface area contributed by atoms with E-state index < -0.39 is 0 Å². The highest BCUT2D eigenvalue weighted by Crippen LogP contribution is 2.18. The number of nitrogens with one attached hydrogen (secondary N) is 1. The molecule has 0 saturated carbocycles. The van der Waals surface area contributed by atoms with Crippen LogP contribution in [0, 0.1) is 0 Å². The molecule has 0 saturated heterocycles. The van der Waals surface area contributed by atoms with Crippen LogP contribution in [-0.4, -0.2) is 27.7 Å². The molecule has 0 fully saturated rings. The van der Waals surface area contributed by atoms with Crippen molar-refractivity contribution in [2.75, 3.05) is 6.61 Å². The summed E-state index contributed by atoms with van der Waals surface area (Å²) < 4.78 is 5.58. The van der Waals surface area contributed by atoms with Gasteiger partial charge in [-0.15, -0.1) is 0 Å². The smallest absolute Gasteiger partial charge is 0.321 e. The van der Waals surface area contributed by atoms with Gasteiger partial charge in [-0.05, 0) is 30.2 Å². The Kier molecular flexibility index (Phi) is 7.68. The number of aliphatic hydroxyl groups excluding tert-OH is 1. The van der Waals surface area contributed by atoms with Gasteiger partial charge in [0.15, 0.2) is 0 Å². The van der Waals surface area contributed by atoms with Crippen molar-refractivity contribution in [1.82, 2.24) is 15.3 Å². The van der Waals surface area contributed by atoms with E-state index in [0.29, 0.717) is 18.3 Å². The van der Waals surface area contributed by atoms with E-state index in [9.17, 15) is 0 Å². The molecule has 5 nitrogen and oxygen atoms in total. The van der Waals surface area contributed by atoms with E-state index in [0.717, 1.165) is 12.0 Å². The van der Waals surface area contributed by atoms with Crippen molar-refractivity contribution < 1.29 is 22.3 Å². The fourth-order valence-electron chi connectivity index (χ4n) is 1.76. The van der Waals surface area contributed by atoms with Gasteiger partial charge in [0.2, 0.25) is 0 Å². The fourth-order valence-corrected chi connectivity index (χ4v) is 1.76. The lowest BCUT2D eigenvalue weighted by molar-refractivity contribution is -0.00000600. The Labute approximate surface area is 130 Å². The molecule has 1 atom stereocenters. The summed E-state index contributed by atoms with van der Waals surface area (Å²) in [6.45, 7) is 2.87. The van der Waals surface area contributed by atoms with Crippen molar-refractivity contribution in [3.05, 3.63) is 48.3 Å². The van der Waals surface area contributed by atoms with E-state index in [1.165, 1.54) is 0 Å². The van der Waals surface area contributed by atoms with Gasteiger partial charge in [0.1, 0.15) is 5.75 Å². The van der Waals surface area contributed by atoms with E-state index in [-0.39, 0.29) is 25.1 Å². The molecule has 0 radical (unpaired) electrons. The average molecular weight is 309 g/mol. The SMILES string of the molecule is CCC(CO)NCc1cccc(Oc2ncccn2)c1.[Cl-]. The molecule has 1 unspecified atom stereocenters. The van der Waals surface area contributed by atoms with E-state index in [1.54, 1.807) is 18.5 Å². The third-order valence-corrected chi connectivity index (χ3v) is 2.96. The molecule has 0 bridgehead atoms. The molecule has 1 aromatic heterocycles. The van der Waals surface area contributed by atoms with Crippen LogP contribution in [0.1, 0.15) is 18.9 Å². The first kappa shape index (κ1) is 17.4. The van der Waals surface area contributed by atoms with Crippen molar-refractivity contribution in [2.45, 2.75) is 25.9 Å². The minimum atomic E-state index is 0. The summed E-state index contributed by atoms with van der Waals surface area (Å²) in [4.78, 5) is 8.04. The Morgan fingerprint density at radius 1 is 1.24 bits per heavy atom. The van der Waals surface area contributed by atoms with Gasteiger partial charge in [-0.1, -0.05) is 19.1 Å². The first-order valence-electron chi connectivity index (χ1n) is 6.70. The predicted molar refractivity (Wildman–Crippen MR) is 76.6 cm³/mol. The Hall–Kier alpha value is -1.69. The topological polar surface area (TPSA) is 67.3 Å². The second-order valence-corrected chi connectivity index (χ2v) is 4.45. The van der Waals surface area contributed by atoms with Gasteiger partial charge < -0.3 is 27.6 Å². The zero-order valence-electron chi connectivity index (χ0n) is 11.9. The molecule has 6 heteroatoms. The highest BCUT2D eigenvalue weighted by Gasteiger charge is 2.05. The lowest BCUT2D eigenvalue weighted by Gasteiger charge is -2.14. The number of halogens is 1. The number of aliphatic hydroxyl groups is 1. The van der Waals surface area contributed by atoms with Gasteiger partial charge in [-0.25, -0.2) is 9.97 Å². The zero-order valence-corrected chi connectivity index (χ0v) is 12.6. The lowest BCUT2D eigenvalue weighted by atomic mass is 10.2. The van der Waals surface area contributed by atoms with Crippen molar-refractivity contribution in [2.24, 2.45) is 0 Å². The maximum absolute atomic E-state index is 9.15. The van der Waals surface area contributed by atoms with Crippen LogP contribution in [0.3, 0.4) is 0 Å². The molecule has 0 spiro atoms. The largest absolute Gasteiger partial charge is 1.00 e. The van der Waals surface area contributed by atoms with Crippen LogP contribution in [0.2, 0.25) is 0 Å². The summed E-state index contributed by atoms with van der Waals surface area (Å²) in [5.41, 5.74) is 1.09. The first-order valence-corrected chi connectivity index (χ1v) is 6.70. The van der Waals surface area contributed by atoms with Crippen molar-refractivity contribution in [3.8, 4) is 11.8 Å². The van der Waals surface area contributed by atoms with Crippen LogP contribution >= 0.6 is 0 Å². The van der Waals surface area contributed by atoms with Crippen LogP contribution in [0.4, 0.5) is 0 Å². The maximum Gasteiger partial charge on any atom is 0.321 e. The second kappa shape index (κ2) is 9.28. The van der Waals surface area contributed by atoms with Crippen LogP contribution in [-0.2, 0) is 6.54 Å². The number of aromatic nitrogens is 2. The Morgan fingerprint density at radius 2 is 2.00 bits per heavy atom. The molecule has 1 heterocycles. The Balaban J connectivity index is 0.00000220. The summed E-state index contributed by atoms with van der Waals surface area (Å²) >= 11 is 0. The molecule has 2 N–H and O–H groups in total. The van der Waals surface area contributed by atoms with E-state index in [2.05, 4.69) is 15.3 Å².